The Kier molecular flexibility index (Phi) is 5.64. The first-order valence-corrected chi connectivity index (χ1v) is 7.50. The van der Waals surface area contributed by atoms with E-state index in [9.17, 15) is 10.1 Å². The highest BCUT2D eigenvalue weighted by atomic mass is 127. The molecule has 0 fully saturated rings. The fourth-order valence-electron chi connectivity index (χ4n) is 1.67. The molecule has 2 aromatic rings. The Hall–Kier alpha value is -2.23. The predicted molar refractivity (Wildman–Crippen MR) is 92.4 cm³/mol. The summed E-state index contributed by atoms with van der Waals surface area (Å²) in [5, 5.41) is 14.8. The van der Waals surface area contributed by atoms with E-state index < -0.39 is 4.92 Å². The molecule has 0 saturated carbocycles. The fraction of sp³-hybridized carbons (Fsp3) is 0.143. The zero-order valence-corrected chi connectivity index (χ0v) is 13.9. The first-order valence-electron chi connectivity index (χ1n) is 6.42. The van der Waals surface area contributed by atoms with Crippen molar-refractivity contribution < 1.29 is 9.66 Å². The van der Waals surface area contributed by atoms with Crippen LogP contribution in [0.2, 0.25) is 0 Å². The molecule has 0 unspecified atom stereocenters. The number of hydrazone groups is 1. The van der Waals surface area contributed by atoms with E-state index in [-0.39, 0.29) is 11.5 Å². The molecule has 8 heteroatoms. The van der Waals surface area contributed by atoms with E-state index in [1.807, 2.05) is 25.1 Å². The fourth-order valence-corrected chi connectivity index (χ4v) is 2.36. The highest BCUT2D eigenvalue weighted by Crippen LogP contribution is 2.22. The number of nitrogens with one attached hydrogen (secondary N) is 1. The number of hydrogen-bond donors (Lipinski definition) is 1. The minimum atomic E-state index is -0.509. The van der Waals surface area contributed by atoms with Crippen LogP contribution in [0.1, 0.15) is 12.5 Å². The van der Waals surface area contributed by atoms with Gasteiger partial charge in [0.1, 0.15) is 5.75 Å². The zero-order valence-electron chi connectivity index (χ0n) is 11.7. The van der Waals surface area contributed by atoms with Crippen LogP contribution in [0.25, 0.3) is 0 Å². The van der Waals surface area contributed by atoms with Crippen molar-refractivity contribution in [2.45, 2.75) is 6.92 Å². The van der Waals surface area contributed by atoms with Gasteiger partial charge in [-0.05, 0) is 59.3 Å². The molecule has 1 aromatic heterocycles. The molecule has 2 rings (SSSR count). The number of pyridine rings is 1. The van der Waals surface area contributed by atoms with Gasteiger partial charge in [-0.1, -0.05) is 0 Å². The third-order valence-electron chi connectivity index (χ3n) is 2.62. The summed E-state index contributed by atoms with van der Waals surface area (Å²) in [7, 11) is 0. The molecule has 0 atom stereocenters. The van der Waals surface area contributed by atoms with E-state index in [1.165, 1.54) is 18.3 Å². The molecular formula is C14H13IN4O3. The smallest absolute Gasteiger partial charge is 0.313 e. The highest BCUT2D eigenvalue weighted by molar-refractivity contribution is 14.1. The van der Waals surface area contributed by atoms with Crippen molar-refractivity contribution >= 4 is 40.3 Å². The van der Waals surface area contributed by atoms with Crippen molar-refractivity contribution in [2.24, 2.45) is 5.10 Å². The van der Waals surface area contributed by atoms with Crippen molar-refractivity contribution in [1.29, 1.82) is 0 Å². The molecule has 1 aromatic carbocycles. The average Bonchev–Trinajstić information content (AvgIpc) is 2.50. The van der Waals surface area contributed by atoms with Crippen LogP contribution in [-0.4, -0.2) is 22.7 Å². The molecule has 114 valence electrons. The summed E-state index contributed by atoms with van der Waals surface area (Å²) in [5.41, 5.74) is 3.31. The monoisotopic (exact) mass is 412 g/mol. The van der Waals surface area contributed by atoms with Crippen LogP contribution < -0.4 is 10.2 Å². The summed E-state index contributed by atoms with van der Waals surface area (Å²) in [6, 6.07) is 8.48. The summed E-state index contributed by atoms with van der Waals surface area (Å²) in [6.45, 7) is 2.53. The standard InChI is InChI=1S/C14H13IN4O3/c1-2-22-13-6-5-10(8-11(13)15)9-17-18-14-12(19(20)21)4-3-7-16-14/h3-9H,2H2,1H3,(H,16,18)/b17-9-. The number of ether oxygens (including phenoxy) is 1. The van der Waals surface area contributed by atoms with Gasteiger partial charge in [0.25, 0.3) is 0 Å². The van der Waals surface area contributed by atoms with Crippen LogP contribution in [0.5, 0.6) is 5.75 Å². The molecule has 22 heavy (non-hydrogen) atoms. The maximum atomic E-state index is 10.9. The third kappa shape index (κ3) is 4.13. The summed E-state index contributed by atoms with van der Waals surface area (Å²) in [4.78, 5) is 14.2. The molecule has 7 nitrogen and oxygen atoms in total. The molecular weight excluding hydrogens is 399 g/mol. The summed E-state index contributed by atoms with van der Waals surface area (Å²) < 4.78 is 6.42. The van der Waals surface area contributed by atoms with Gasteiger partial charge in [-0.15, -0.1) is 0 Å². The SMILES string of the molecule is CCOc1ccc(/C=N\Nc2ncccc2[N+](=O)[O-])cc1I. The topological polar surface area (TPSA) is 89.7 Å². The van der Waals surface area contributed by atoms with E-state index in [1.54, 1.807) is 6.21 Å². The van der Waals surface area contributed by atoms with E-state index in [4.69, 9.17) is 4.74 Å². The van der Waals surface area contributed by atoms with Gasteiger partial charge in [0, 0.05) is 12.3 Å². The lowest BCUT2D eigenvalue weighted by molar-refractivity contribution is -0.384. The lowest BCUT2D eigenvalue weighted by atomic mass is 10.2. The third-order valence-corrected chi connectivity index (χ3v) is 3.47. The van der Waals surface area contributed by atoms with Crippen LogP contribution in [0.3, 0.4) is 0 Å². The predicted octanol–water partition coefficient (Wildman–Crippen LogP) is 3.44. The summed E-state index contributed by atoms with van der Waals surface area (Å²) >= 11 is 2.18. The average molecular weight is 412 g/mol. The number of anilines is 1. The Morgan fingerprint density at radius 2 is 2.32 bits per heavy atom. The molecule has 1 N–H and O–H groups in total. The van der Waals surface area contributed by atoms with Crippen LogP contribution in [-0.2, 0) is 0 Å². The Bertz CT molecular complexity index is 706. The molecule has 0 spiro atoms. The molecule has 0 amide bonds. The second-order valence-electron chi connectivity index (χ2n) is 4.12. The minimum absolute atomic E-state index is 0.101. The van der Waals surface area contributed by atoms with Gasteiger partial charge in [-0.3, -0.25) is 15.5 Å². The number of rotatable bonds is 6. The normalized spacial score (nSPS) is 10.6. The van der Waals surface area contributed by atoms with Crippen LogP contribution >= 0.6 is 22.6 Å². The first-order chi connectivity index (χ1) is 10.6. The Labute approximate surface area is 140 Å². The zero-order chi connectivity index (χ0) is 15.9. The lowest BCUT2D eigenvalue weighted by Crippen LogP contribution is -1.99. The lowest BCUT2D eigenvalue weighted by Gasteiger charge is -2.06. The first kappa shape index (κ1) is 16.1. The molecule has 0 aliphatic rings. The van der Waals surface area contributed by atoms with Gasteiger partial charge < -0.3 is 4.74 Å². The summed E-state index contributed by atoms with van der Waals surface area (Å²) in [6.07, 6.45) is 3.03. The summed E-state index contributed by atoms with van der Waals surface area (Å²) in [5.74, 6) is 0.915. The van der Waals surface area contributed by atoms with Crippen molar-refractivity contribution in [1.82, 2.24) is 4.98 Å². The quantitative estimate of drug-likeness (QED) is 0.340. The molecule has 1 heterocycles. The van der Waals surface area contributed by atoms with Gasteiger partial charge >= 0.3 is 5.69 Å². The number of hydrogen-bond acceptors (Lipinski definition) is 6. The number of nitro groups is 1. The second kappa shape index (κ2) is 7.69. The van der Waals surface area contributed by atoms with Gasteiger partial charge in [0.05, 0.1) is 21.3 Å². The van der Waals surface area contributed by atoms with Crippen molar-refractivity contribution in [3.63, 3.8) is 0 Å². The van der Waals surface area contributed by atoms with Crippen LogP contribution in [0.15, 0.2) is 41.6 Å². The molecule has 0 saturated heterocycles. The Morgan fingerprint density at radius 1 is 1.50 bits per heavy atom. The van der Waals surface area contributed by atoms with Crippen molar-refractivity contribution in [2.75, 3.05) is 12.0 Å². The number of halogens is 1. The number of benzene rings is 1. The van der Waals surface area contributed by atoms with E-state index in [2.05, 4.69) is 38.1 Å². The number of nitrogens with zero attached hydrogens (tertiary/aromatic N) is 3. The molecule has 0 aliphatic carbocycles. The molecule has 0 bridgehead atoms. The highest BCUT2D eigenvalue weighted by Gasteiger charge is 2.12. The van der Waals surface area contributed by atoms with E-state index in [0.29, 0.717) is 6.61 Å². The van der Waals surface area contributed by atoms with Gasteiger partial charge in [-0.2, -0.15) is 5.10 Å². The van der Waals surface area contributed by atoms with Gasteiger partial charge in [0.2, 0.25) is 5.82 Å². The second-order valence-corrected chi connectivity index (χ2v) is 5.28. The Morgan fingerprint density at radius 3 is 3.00 bits per heavy atom. The minimum Gasteiger partial charge on any atom is -0.493 e. The van der Waals surface area contributed by atoms with Crippen molar-refractivity contribution in [3.8, 4) is 5.75 Å². The Balaban J connectivity index is 2.10. The van der Waals surface area contributed by atoms with Gasteiger partial charge in [0.15, 0.2) is 0 Å². The maximum absolute atomic E-state index is 10.9. The van der Waals surface area contributed by atoms with Crippen molar-refractivity contribution in [3.05, 3.63) is 55.8 Å². The van der Waals surface area contributed by atoms with E-state index in [0.717, 1.165) is 14.9 Å². The maximum Gasteiger partial charge on any atom is 0.313 e. The van der Waals surface area contributed by atoms with E-state index >= 15 is 0 Å². The van der Waals surface area contributed by atoms with Gasteiger partial charge in [-0.25, -0.2) is 4.98 Å². The molecule has 0 aliphatic heterocycles. The van der Waals surface area contributed by atoms with Crippen LogP contribution in [0.4, 0.5) is 11.5 Å². The molecule has 0 radical (unpaired) electrons. The number of aromatic nitrogens is 1. The largest absolute Gasteiger partial charge is 0.493 e. The van der Waals surface area contributed by atoms with Crippen LogP contribution in [0, 0.1) is 13.7 Å².